The van der Waals surface area contributed by atoms with Crippen LogP contribution < -0.4 is 5.32 Å². The van der Waals surface area contributed by atoms with Crippen molar-refractivity contribution in [2.45, 2.75) is 6.42 Å². The van der Waals surface area contributed by atoms with Gasteiger partial charge >= 0.3 is 0 Å². The van der Waals surface area contributed by atoms with Gasteiger partial charge in [-0.25, -0.2) is 0 Å². The molecule has 2 aliphatic heterocycles. The molecule has 3 heterocycles. The summed E-state index contributed by atoms with van der Waals surface area (Å²) in [5, 5.41) is 4.66. The second-order valence-corrected chi connectivity index (χ2v) is 7.11. The van der Waals surface area contributed by atoms with Gasteiger partial charge in [-0.3, -0.25) is 14.4 Å². The van der Waals surface area contributed by atoms with Gasteiger partial charge in [0.2, 0.25) is 5.91 Å². The van der Waals surface area contributed by atoms with E-state index in [1.165, 1.54) is 11.3 Å². The summed E-state index contributed by atoms with van der Waals surface area (Å²) in [7, 11) is 0. The molecule has 0 spiro atoms. The summed E-state index contributed by atoms with van der Waals surface area (Å²) in [6, 6.07) is 9.01. The first-order chi connectivity index (χ1) is 12.1. The van der Waals surface area contributed by atoms with E-state index >= 15 is 0 Å². The minimum atomic E-state index is -0.0506. The highest BCUT2D eigenvalue weighted by Crippen LogP contribution is 2.24. The molecule has 3 amide bonds. The standard InChI is InChI=1S/C18H17N3O3S/c22-16-11-13-10-12(3-4-14(13)19-16)17(23)20-5-7-21(8-6-20)18(24)15-2-1-9-25-15/h1-4,9-10H,5-8,11H2,(H,19,22). The molecule has 1 N–H and O–H groups in total. The van der Waals surface area contributed by atoms with Crippen molar-refractivity contribution in [3.8, 4) is 0 Å². The fraction of sp³-hybridized carbons (Fsp3) is 0.278. The number of amides is 3. The number of benzene rings is 1. The second-order valence-electron chi connectivity index (χ2n) is 6.16. The number of carbonyl (C=O) groups is 3. The van der Waals surface area contributed by atoms with Crippen molar-refractivity contribution >= 4 is 34.7 Å². The van der Waals surface area contributed by atoms with Crippen LogP contribution in [0.3, 0.4) is 0 Å². The minimum absolute atomic E-state index is 0.0317. The zero-order valence-corrected chi connectivity index (χ0v) is 14.3. The van der Waals surface area contributed by atoms with Gasteiger partial charge in [-0.2, -0.15) is 0 Å². The van der Waals surface area contributed by atoms with E-state index in [-0.39, 0.29) is 17.7 Å². The smallest absolute Gasteiger partial charge is 0.264 e. The predicted molar refractivity (Wildman–Crippen MR) is 94.9 cm³/mol. The summed E-state index contributed by atoms with van der Waals surface area (Å²) in [5.41, 5.74) is 2.24. The minimum Gasteiger partial charge on any atom is -0.335 e. The summed E-state index contributed by atoms with van der Waals surface area (Å²) >= 11 is 1.43. The Kier molecular flexibility index (Phi) is 4.01. The highest BCUT2D eigenvalue weighted by molar-refractivity contribution is 7.12. The van der Waals surface area contributed by atoms with Gasteiger partial charge in [0.1, 0.15) is 0 Å². The van der Waals surface area contributed by atoms with Crippen LogP contribution in [-0.4, -0.2) is 53.7 Å². The fourth-order valence-corrected chi connectivity index (χ4v) is 3.90. The molecule has 1 aromatic heterocycles. The molecule has 2 aliphatic rings. The lowest BCUT2D eigenvalue weighted by Gasteiger charge is -2.34. The van der Waals surface area contributed by atoms with Gasteiger partial charge in [0.15, 0.2) is 0 Å². The summed E-state index contributed by atoms with van der Waals surface area (Å²) in [6.07, 6.45) is 0.319. The Morgan fingerprint density at radius 2 is 1.72 bits per heavy atom. The second kappa shape index (κ2) is 6.33. The molecule has 0 saturated carbocycles. The Labute approximate surface area is 149 Å². The van der Waals surface area contributed by atoms with Crippen LogP contribution in [0.2, 0.25) is 0 Å². The van der Waals surface area contributed by atoms with Gasteiger partial charge in [-0.1, -0.05) is 6.07 Å². The molecule has 4 rings (SSSR count). The SMILES string of the molecule is O=C1Cc2cc(C(=O)N3CCN(C(=O)c4cccs4)CC3)ccc2N1. The zero-order chi connectivity index (χ0) is 17.4. The fourth-order valence-electron chi connectivity index (χ4n) is 3.21. The van der Waals surface area contributed by atoms with Crippen molar-refractivity contribution in [3.63, 3.8) is 0 Å². The van der Waals surface area contributed by atoms with E-state index in [9.17, 15) is 14.4 Å². The number of anilines is 1. The van der Waals surface area contributed by atoms with E-state index in [1.807, 2.05) is 17.5 Å². The maximum Gasteiger partial charge on any atom is 0.264 e. The topological polar surface area (TPSA) is 69.7 Å². The quantitative estimate of drug-likeness (QED) is 0.894. The Morgan fingerprint density at radius 3 is 2.40 bits per heavy atom. The van der Waals surface area contributed by atoms with E-state index in [4.69, 9.17) is 0 Å². The summed E-state index contributed by atoms with van der Waals surface area (Å²) in [6.45, 7) is 2.11. The van der Waals surface area contributed by atoms with Gasteiger partial charge < -0.3 is 15.1 Å². The maximum absolute atomic E-state index is 12.7. The average molecular weight is 355 g/mol. The first-order valence-electron chi connectivity index (χ1n) is 8.16. The third-order valence-corrected chi connectivity index (χ3v) is 5.42. The van der Waals surface area contributed by atoms with Crippen molar-refractivity contribution in [1.82, 2.24) is 9.80 Å². The molecule has 0 atom stereocenters. The Hall–Kier alpha value is -2.67. The van der Waals surface area contributed by atoms with E-state index in [2.05, 4.69) is 5.32 Å². The van der Waals surface area contributed by atoms with Crippen LogP contribution >= 0.6 is 11.3 Å². The molecule has 1 saturated heterocycles. The van der Waals surface area contributed by atoms with E-state index < -0.39 is 0 Å². The molecule has 0 bridgehead atoms. The Morgan fingerprint density at radius 1 is 1.00 bits per heavy atom. The normalized spacial score (nSPS) is 16.6. The molecule has 0 radical (unpaired) electrons. The van der Waals surface area contributed by atoms with Gasteiger partial charge in [0, 0.05) is 37.4 Å². The third kappa shape index (κ3) is 3.02. The molecule has 1 aromatic carbocycles. The average Bonchev–Trinajstić information content (AvgIpc) is 3.28. The van der Waals surface area contributed by atoms with Crippen LogP contribution in [0.5, 0.6) is 0 Å². The lowest BCUT2D eigenvalue weighted by Crippen LogP contribution is -2.50. The molecule has 0 aliphatic carbocycles. The highest BCUT2D eigenvalue weighted by Gasteiger charge is 2.27. The van der Waals surface area contributed by atoms with Crippen molar-refractivity contribution in [3.05, 3.63) is 51.7 Å². The highest BCUT2D eigenvalue weighted by atomic mass is 32.1. The van der Waals surface area contributed by atoms with Gasteiger partial charge in [-0.05, 0) is 35.2 Å². The van der Waals surface area contributed by atoms with E-state index in [0.717, 1.165) is 16.1 Å². The summed E-state index contributed by atoms with van der Waals surface area (Å²) in [5.74, 6) is -0.0603. The van der Waals surface area contributed by atoms with E-state index in [1.54, 1.807) is 28.0 Å². The van der Waals surface area contributed by atoms with Gasteiger partial charge in [0.05, 0.1) is 11.3 Å². The largest absolute Gasteiger partial charge is 0.335 e. The Balaban J connectivity index is 1.41. The molecule has 0 unspecified atom stereocenters. The lowest BCUT2D eigenvalue weighted by atomic mass is 10.1. The van der Waals surface area contributed by atoms with Gasteiger partial charge in [-0.15, -0.1) is 11.3 Å². The summed E-state index contributed by atoms with van der Waals surface area (Å²) < 4.78 is 0. The van der Waals surface area contributed by atoms with Crippen molar-refractivity contribution in [2.24, 2.45) is 0 Å². The number of hydrogen-bond donors (Lipinski definition) is 1. The molecular weight excluding hydrogens is 338 g/mol. The molecular formula is C18H17N3O3S. The number of nitrogens with zero attached hydrogens (tertiary/aromatic N) is 2. The number of hydrogen-bond acceptors (Lipinski definition) is 4. The monoisotopic (exact) mass is 355 g/mol. The van der Waals surface area contributed by atoms with Crippen LogP contribution in [0.25, 0.3) is 0 Å². The van der Waals surface area contributed by atoms with Crippen molar-refractivity contribution in [1.29, 1.82) is 0 Å². The molecule has 25 heavy (non-hydrogen) atoms. The first kappa shape index (κ1) is 15.8. The number of piperazine rings is 1. The predicted octanol–water partition coefficient (Wildman–Crippen LogP) is 1.84. The lowest BCUT2D eigenvalue weighted by molar-refractivity contribution is -0.115. The van der Waals surface area contributed by atoms with Crippen LogP contribution in [-0.2, 0) is 11.2 Å². The molecule has 6 nitrogen and oxygen atoms in total. The number of thiophene rings is 1. The van der Waals surface area contributed by atoms with E-state index in [0.29, 0.717) is 38.2 Å². The zero-order valence-electron chi connectivity index (χ0n) is 13.5. The number of carbonyl (C=O) groups excluding carboxylic acids is 3. The Bertz CT molecular complexity index is 839. The molecule has 7 heteroatoms. The van der Waals surface area contributed by atoms with Crippen LogP contribution in [0, 0.1) is 0 Å². The van der Waals surface area contributed by atoms with Crippen molar-refractivity contribution in [2.75, 3.05) is 31.5 Å². The van der Waals surface area contributed by atoms with Crippen LogP contribution in [0.15, 0.2) is 35.7 Å². The molecule has 1 fully saturated rings. The van der Waals surface area contributed by atoms with Crippen molar-refractivity contribution < 1.29 is 14.4 Å². The maximum atomic E-state index is 12.7. The van der Waals surface area contributed by atoms with Crippen LogP contribution in [0.1, 0.15) is 25.6 Å². The number of rotatable bonds is 2. The summed E-state index contributed by atoms with van der Waals surface area (Å²) in [4.78, 5) is 40.8. The molecule has 128 valence electrons. The first-order valence-corrected chi connectivity index (χ1v) is 9.04. The third-order valence-electron chi connectivity index (χ3n) is 4.56. The molecule has 2 aromatic rings. The number of nitrogens with one attached hydrogen (secondary N) is 1. The van der Waals surface area contributed by atoms with Crippen LogP contribution in [0.4, 0.5) is 5.69 Å². The van der Waals surface area contributed by atoms with Gasteiger partial charge in [0.25, 0.3) is 11.8 Å². The number of fused-ring (bicyclic) bond motifs is 1.